The topological polar surface area (TPSA) is 32.3 Å². The number of nitrogens with one attached hydrogen (secondary N) is 1. The number of hydrogen-bond acceptors (Lipinski definition) is 2. The molecule has 1 aromatic carbocycles. The summed E-state index contributed by atoms with van der Waals surface area (Å²) in [5.74, 6) is 0. The molecule has 0 aliphatic rings. The predicted octanol–water partition coefficient (Wildman–Crippen LogP) is 1.93. The second-order valence-electron chi connectivity index (χ2n) is 2.96. The average molecular weight is 177 g/mol. The Hall–Kier alpha value is -1.12. The van der Waals surface area contributed by atoms with E-state index in [2.05, 4.69) is 18.0 Å². The van der Waals surface area contributed by atoms with Gasteiger partial charge in [0.15, 0.2) is 0 Å². The normalized spacial score (nSPS) is 12.5. The molecule has 1 atom stereocenters. The minimum atomic E-state index is -0.000512. The highest BCUT2D eigenvalue weighted by molar-refractivity contribution is 5.48. The number of benzene rings is 1. The summed E-state index contributed by atoms with van der Waals surface area (Å²) in [6.45, 7) is 5.72. The van der Waals surface area contributed by atoms with Crippen LogP contribution < -0.4 is 5.32 Å². The zero-order valence-corrected chi connectivity index (χ0v) is 7.83. The van der Waals surface area contributed by atoms with Gasteiger partial charge in [-0.25, -0.2) is 0 Å². The lowest BCUT2D eigenvalue weighted by Crippen LogP contribution is -2.19. The fourth-order valence-electron chi connectivity index (χ4n) is 1.21. The minimum absolute atomic E-state index is 0.000512. The molecule has 0 spiro atoms. The Kier molecular flexibility index (Phi) is 3.68. The van der Waals surface area contributed by atoms with Crippen molar-refractivity contribution in [3.8, 4) is 0 Å². The van der Waals surface area contributed by atoms with Crippen molar-refractivity contribution < 1.29 is 5.11 Å². The zero-order valence-electron chi connectivity index (χ0n) is 7.83. The predicted molar refractivity (Wildman–Crippen MR) is 55.2 cm³/mol. The van der Waals surface area contributed by atoms with Crippen molar-refractivity contribution in [3.63, 3.8) is 0 Å². The maximum absolute atomic E-state index is 8.69. The van der Waals surface area contributed by atoms with Crippen LogP contribution in [0.15, 0.2) is 30.8 Å². The van der Waals surface area contributed by atoms with Gasteiger partial charge in [0.1, 0.15) is 0 Å². The second-order valence-corrected chi connectivity index (χ2v) is 2.96. The summed E-state index contributed by atoms with van der Waals surface area (Å²) in [5, 5.41) is 11.6. The van der Waals surface area contributed by atoms with Crippen molar-refractivity contribution in [2.75, 3.05) is 6.73 Å². The van der Waals surface area contributed by atoms with Crippen molar-refractivity contribution in [2.45, 2.75) is 13.0 Å². The van der Waals surface area contributed by atoms with Crippen LogP contribution in [0.2, 0.25) is 0 Å². The van der Waals surface area contributed by atoms with Gasteiger partial charge in [0.2, 0.25) is 0 Å². The highest BCUT2D eigenvalue weighted by atomic mass is 16.3. The molecule has 2 N–H and O–H groups in total. The summed E-state index contributed by atoms with van der Waals surface area (Å²) in [4.78, 5) is 0. The smallest absolute Gasteiger partial charge is 0.0936 e. The molecule has 1 rings (SSSR count). The van der Waals surface area contributed by atoms with Crippen LogP contribution in [0.1, 0.15) is 24.1 Å². The van der Waals surface area contributed by atoms with Gasteiger partial charge in [-0.15, -0.1) is 0 Å². The molecule has 0 aromatic heterocycles. The summed E-state index contributed by atoms with van der Waals surface area (Å²) < 4.78 is 0. The van der Waals surface area contributed by atoms with E-state index >= 15 is 0 Å². The maximum atomic E-state index is 8.69. The standard InChI is InChI=1S/C11H15NO/c1-3-10-5-4-6-11(7-10)9(2)12-8-13/h3-7,9,12-13H,1,8H2,2H3/t9-/m1/s1. The van der Waals surface area contributed by atoms with Crippen molar-refractivity contribution >= 4 is 6.08 Å². The molecule has 2 nitrogen and oxygen atoms in total. The first-order valence-electron chi connectivity index (χ1n) is 4.34. The van der Waals surface area contributed by atoms with Gasteiger partial charge in [-0.2, -0.15) is 0 Å². The fraction of sp³-hybridized carbons (Fsp3) is 0.273. The van der Waals surface area contributed by atoms with Crippen LogP contribution in [0, 0.1) is 0 Å². The lowest BCUT2D eigenvalue weighted by atomic mass is 10.1. The van der Waals surface area contributed by atoms with E-state index in [1.54, 1.807) is 0 Å². The molecule has 0 saturated heterocycles. The van der Waals surface area contributed by atoms with E-state index in [-0.39, 0.29) is 12.8 Å². The molecule has 0 aliphatic heterocycles. The molecule has 0 aliphatic carbocycles. The Bertz CT molecular complexity index is 283. The molecular weight excluding hydrogens is 162 g/mol. The molecule has 0 unspecified atom stereocenters. The van der Waals surface area contributed by atoms with Crippen LogP contribution >= 0.6 is 0 Å². The van der Waals surface area contributed by atoms with Crippen LogP contribution in [-0.2, 0) is 0 Å². The quantitative estimate of drug-likeness (QED) is 0.689. The highest BCUT2D eigenvalue weighted by Gasteiger charge is 2.02. The molecule has 0 heterocycles. The van der Waals surface area contributed by atoms with Crippen LogP contribution in [0.3, 0.4) is 0 Å². The van der Waals surface area contributed by atoms with E-state index in [1.165, 1.54) is 0 Å². The van der Waals surface area contributed by atoms with Crippen molar-refractivity contribution in [3.05, 3.63) is 42.0 Å². The third kappa shape index (κ3) is 2.68. The Labute approximate surface area is 78.9 Å². The van der Waals surface area contributed by atoms with Gasteiger partial charge in [0, 0.05) is 6.04 Å². The number of rotatable bonds is 4. The van der Waals surface area contributed by atoms with E-state index in [4.69, 9.17) is 5.11 Å². The molecular formula is C11H15NO. The van der Waals surface area contributed by atoms with Crippen molar-refractivity contribution in [2.24, 2.45) is 0 Å². The van der Waals surface area contributed by atoms with Gasteiger partial charge in [-0.1, -0.05) is 36.9 Å². The fourth-order valence-corrected chi connectivity index (χ4v) is 1.21. The summed E-state index contributed by atoms with van der Waals surface area (Å²) >= 11 is 0. The molecule has 0 saturated carbocycles. The van der Waals surface area contributed by atoms with Gasteiger partial charge in [-0.3, -0.25) is 5.32 Å². The van der Waals surface area contributed by atoms with Crippen molar-refractivity contribution in [1.29, 1.82) is 0 Å². The van der Waals surface area contributed by atoms with Crippen LogP contribution in [0.25, 0.3) is 6.08 Å². The zero-order chi connectivity index (χ0) is 9.68. The Morgan fingerprint density at radius 2 is 2.38 bits per heavy atom. The molecule has 0 bridgehead atoms. The van der Waals surface area contributed by atoms with Crippen LogP contribution in [0.4, 0.5) is 0 Å². The number of aliphatic hydroxyl groups excluding tert-OH is 1. The summed E-state index contributed by atoms with van der Waals surface area (Å²) in [6, 6.07) is 8.25. The van der Waals surface area contributed by atoms with Gasteiger partial charge in [-0.05, 0) is 18.1 Å². The minimum Gasteiger partial charge on any atom is -0.381 e. The number of aliphatic hydroxyl groups is 1. The monoisotopic (exact) mass is 177 g/mol. The van der Waals surface area contributed by atoms with E-state index in [0.29, 0.717) is 0 Å². The van der Waals surface area contributed by atoms with Crippen LogP contribution in [-0.4, -0.2) is 11.8 Å². The summed E-state index contributed by atoms with van der Waals surface area (Å²) in [7, 11) is 0. The first-order valence-corrected chi connectivity index (χ1v) is 4.34. The average Bonchev–Trinajstić information content (AvgIpc) is 2.18. The highest BCUT2D eigenvalue weighted by Crippen LogP contribution is 2.14. The Balaban J connectivity index is 2.81. The second kappa shape index (κ2) is 4.80. The van der Waals surface area contributed by atoms with E-state index in [1.807, 2.05) is 31.2 Å². The summed E-state index contributed by atoms with van der Waals surface area (Å²) in [5.41, 5.74) is 2.26. The molecule has 1 aromatic rings. The Morgan fingerprint density at radius 1 is 1.62 bits per heavy atom. The molecule has 0 fully saturated rings. The molecule has 0 radical (unpaired) electrons. The lowest BCUT2D eigenvalue weighted by molar-refractivity contribution is 0.245. The molecule has 13 heavy (non-hydrogen) atoms. The van der Waals surface area contributed by atoms with Crippen molar-refractivity contribution in [1.82, 2.24) is 5.32 Å². The van der Waals surface area contributed by atoms with Gasteiger partial charge < -0.3 is 5.11 Å². The van der Waals surface area contributed by atoms with E-state index < -0.39 is 0 Å². The molecule has 70 valence electrons. The molecule has 2 heteroatoms. The largest absolute Gasteiger partial charge is 0.381 e. The van der Waals surface area contributed by atoms with E-state index in [9.17, 15) is 0 Å². The molecule has 0 amide bonds. The first-order chi connectivity index (χ1) is 6.27. The third-order valence-electron chi connectivity index (χ3n) is 2.04. The van der Waals surface area contributed by atoms with Crippen LogP contribution in [0.5, 0.6) is 0 Å². The van der Waals surface area contributed by atoms with E-state index in [0.717, 1.165) is 11.1 Å². The maximum Gasteiger partial charge on any atom is 0.0936 e. The SMILES string of the molecule is C=Cc1cccc([C@@H](C)NCO)c1. The third-order valence-corrected chi connectivity index (χ3v) is 2.04. The lowest BCUT2D eigenvalue weighted by Gasteiger charge is -2.12. The van der Waals surface area contributed by atoms with Gasteiger partial charge >= 0.3 is 0 Å². The summed E-state index contributed by atoms with van der Waals surface area (Å²) in [6.07, 6.45) is 1.81. The number of hydrogen-bond donors (Lipinski definition) is 2. The Morgan fingerprint density at radius 3 is 3.00 bits per heavy atom. The first kappa shape index (κ1) is 9.96. The van der Waals surface area contributed by atoms with Gasteiger partial charge in [0.25, 0.3) is 0 Å². The van der Waals surface area contributed by atoms with Gasteiger partial charge in [0.05, 0.1) is 6.73 Å².